The van der Waals surface area contributed by atoms with Crippen LogP contribution >= 0.6 is 0 Å². The fraction of sp³-hybridized carbons (Fsp3) is 0.308. The number of benzene rings is 1. The molecule has 0 fully saturated rings. The van der Waals surface area contributed by atoms with E-state index in [1.54, 1.807) is 11.8 Å². The largest absolute Gasteiger partial charge is 0.394 e. The lowest BCUT2D eigenvalue weighted by Gasteiger charge is -2.09. The zero-order valence-electron chi connectivity index (χ0n) is 10.9. The Morgan fingerprint density at radius 1 is 1.44 bits per heavy atom. The van der Waals surface area contributed by atoms with Gasteiger partial charge in [-0.2, -0.15) is 5.10 Å². The Labute approximate surface area is 107 Å². The van der Waals surface area contributed by atoms with Crippen molar-refractivity contribution < 1.29 is 4.74 Å². The van der Waals surface area contributed by atoms with Crippen molar-refractivity contribution in [2.24, 2.45) is 7.05 Å². The molecule has 96 valence electrons. The summed E-state index contributed by atoms with van der Waals surface area (Å²) >= 11 is 0. The highest BCUT2D eigenvalue weighted by Gasteiger charge is 2.09. The Bertz CT molecular complexity index is 548. The van der Waals surface area contributed by atoms with E-state index in [-0.39, 0.29) is 0 Å². The van der Waals surface area contributed by atoms with Crippen molar-refractivity contribution >= 4 is 17.2 Å². The van der Waals surface area contributed by atoms with E-state index in [0.717, 1.165) is 22.8 Å². The minimum atomic E-state index is 0.593. The van der Waals surface area contributed by atoms with Gasteiger partial charge in [-0.05, 0) is 24.6 Å². The molecule has 1 aromatic carbocycles. The zero-order chi connectivity index (χ0) is 13.1. The third kappa shape index (κ3) is 2.46. The summed E-state index contributed by atoms with van der Waals surface area (Å²) in [4.78, 5) is 0. The predicted octanol–water partition coefficient (Wildman–Crippen LogP) is 2.20. The highest BCUT2D eigenvalue weighted by atomic mass is 16.5. The van der Waals surface area contributed by atoms with Gasteiger partial charge in [-0.25, -0.2) is 0 Å². The molecule has 5 nitrogen and oxygen atoms in total. The molecule has 0 bridgehead atoms. The molecule has 0 aliphatic rings. The lowest BCUT2D eigenvalue weighted by molar-refractivity contribution is 0.185. The number of aromatic nitrogens is 2. The van der Waals surface area contributed by atoms with E-state index in [0.29, 0.717) is 12.3 Å². The summed E-state index contributed by atoms with van der Waals surface area (Å²) in [6.07, 6.45) is 0. The fourth-order valence-corrected chi connectivity index (χ4v) is 1.87. The summed E-state index contributed by atoms with van der Waals surface area (Å²) in [6, 6.07) is 8.02. The zero-order valence-corrected chi connectivity index (χ0v) is 10.9. The number of nitrogens with one attached hydrogen (secondary N) is 1. The van der Waals surface area contributed by atoms with Gasteiger partial charge in [0.05, 0.1) is 18.0 Å². The van der Waals surface area contributed by atoms with Crippen LogP contribution in [0.25, 0.3) is 0 Å². The van der Waals surface area contributed by atoms with Crippen LogP contribution < -0.4 is 11.1 Å². The number of nitrogen functional groups attached to an aromatic ring is 1. The van der Waals surface area contributed by atoms with Gasteiger partial charge in [-0.3, -0.25) is 4.68 Å². The van der Waals surface area contributed by atoms with Gasteiger partial charge in [0.15, 0.2) is 5.82 Å². The SMILES string of the molecule is COCc1cccc(Nc2c(N)c(C)nn2C)c1. The molecule has 0 aliphatic carbocycles. The number of hydrogen-bond donors (Lipinski definition) is 2. The van der Waals surface area contributed by atoms with Gasteiger partial charge >= 0.3 is 0 Å². The molecule has 0 aliphatic heterocycles. The molecule has 2 rings (SSSR count). The molecule has 2 aromatic rings. The number of hydrogen-bond acceptors (Lipinski definition) is 4. The Balaban J connectivity index is 2.25. The van der Waals surface area contributed by atoms with Crippen molar-refractivity contribution in [3.05, 3.63) is 35.5 Å². The van der Waals surface area contributed by atoms with E-state index in [1.807, 2.05) is 38.2 Å². The number of rotatable bonds is 4. The molecule has 0 atom stereocenters. The summed E-state index contributed by atoms with van der Waals surface area (Å²) in [5.41, 5.74) is 9.56. The second-order valence-corrected chi connectivity index (χ2v) is 4.23. The molecule has 18 heavy (non-hydrogen) atoms. The molecular weight excluding hydrogens is 228 g/mol. The van der Waals surface area contributed by atoms with Crippen LogP contribution in [0.3, 0.4) is 0 Å². The number of nitrogens with two attached hydrogens (primary N) is 1. The number of aryl methyl sites for hydroxylation is 2. The average molecular weight is 246 g/mol. The Morgan fingerprint density at radius 3 is 2.83 bits per heavy atom. The summed E-state index contributed by atoms with van der Waals surface area (Å²) in [7, 11) is 3.55. The lowest BCUT2D eigenvalue weighted by atomic mass is 10.2. The highest BCUT2D eigenvalue weighted by molar-refractivity contribution is 5.71. The first-order valence-electron chi connectivity index (χ1n) is 5.75. The van der Waals surface area contributed by atoms with Crippen molar-refractivity contribution in [1.82, 2.24) is 9.78 Å². The molecule has 0 radical (unpaired) electrons. The van der Waals surface area contributed by atoms with Crippen molar-refractivity contribution in [2.75, 3.05) is 18.2 Å². The van der Waals surface area contributed by atoms with Gasteiger partial charge in [0, 0.05) is 19.8 Å². The van der Waals surface area contributed by atoms with E-state index in [4.69, 9.17) is 10.5 Å². The van der Waals surface area contributed by atoms with Crippen molar-refractivity contribution in [3.63, 3.8) is 0 Å². The summed E-state index contributed by atoms with van der Waals surface area (Å²) in [5.74, 6) is 0.807. The van der Waals surface area contributed by atoms with E-state index < -0.39 is 0 Å². The third-order valence-corrected chi connectivity index (χ3v) is 2.77. The molecule has 0 saturated carbocycles. The summed E-state index contributed by atoms with van der Waals surface area (Å²) in [5, 5.41) is 7.55. The molecule has 3 N–H and O–H groups in total. The molecule has 1 aromatic heterocycles. The van der Waals surface area contributed by atoms with Gasteiger partial charge in [-0.15, -0.1) is 0 Å². The van der Waals surface area contributed by atoms with Crippen LogP contribution in [0.2, 0.25) is 0 Å². The summed E-state index contributed by atoms with van der Waals surface area (Å²) < 4.78 is 6.86. The van der Waals surface area contributed by atoms with Gasteiger partial charge in [0.1, 0.15) is 0 Å². The van der Waals surface area contributed by atoms with E-state index in [1.165, 1.54) is 0 Å². The van der Waals surface area contributed by atoms with E-state index in [9.17, 15) is 0 Å². The van der Waals surface area contributed by atoms with Crippen molar-refractivity contribution in [1.29, 1.82) is 0 Å². The quantitative estimate of drug-likeness (QED) is 0.868. The minimum Gasteiger partial charge on any atom is -0.394 e. The maximum Gasteiger partial charge on any atom is 0.152 e. The maximum absolute atomic E-state index is 5.98. The van der Waals surface area contributed by atoms with Crippen LogP contribution in [-0.4, -0.2) is 16.9 Å². The number of anilines is 3. The van der Waals surface area contributed by atoms with Gasteiger partial charge in [0.25, 0.3) is 0 Å². The van der Waals surface area contributed by atoms with Crippen LogP contribution in [0.4, 0.5) is 17.2 Å². The molecule has 1 heterocycles. The first-order chi connectivity index (χ1) is 8.61. The first-order valence-corrected chi connectivity index (χ1v) is 5.75. The van der Waals surface area contributed by atoms with Crippen molar-refractivity contribution in [2.45, 2.75) is 13.5 Å². The fourth-order valence-electron chi connectivity index (χ4n) is 1.87. The average Bonchev–Trinajstić information content (AvgIpc) is 2.57. The van der Waals surface area contributed by atoms with E-state index in [2.05, 4.69) is 10.4 Å². The standard InChI is InChI=1S/C13H18N4O/c1-9-12(14)13(17(2)16-9)15-11-6-4-5-10(7-11)8-18-3/h4-7,15H,8,14H2,1-3H3. The predicted molar refractivity (Wildman–Crippen MR) is 72.8 cm³/mol. The van der Waals surface area contributed by atoms with E-state index >= 15 is 0 Å². The lowest BCUT2D eigenvalue weighted by Crippen LogP contribution is -2.01. The van der Waals surface area contributed by atoms with Gasteiger partial charge < -0.3 is 15.8 Å². The highest BCUT2D eigenvalue weighted by Crippen LogP contribution is 2.25. The monoisotopic (exact) mass is 246 g/mol. The van der Waals surface area contributed by atoms with Crippen LogP contribution in [0.5, 0.6) is 0 Å². The second kappa shape index (κ2) is 5.10. The number of ether oxygens (including phenoxy) is 1. The van der Waals surface area contributed by atoms with Crippen LogP contribution in [0.15, 0.2) is 24.3 Å². The van der Waals surface area contributed by atoms with Gasteiger partial charge in [0.2, 0.25) is 0 Å². The van der Waals surface area contributed by atoms with Crippen LogP contribution in [0, 0.1) is 6.92 Å². The van der Waals surface area contributed by atoms with Gasteiger partial charge in [-0.1, -0.05) is 12.1 Å². The van der Waals surface area contributed by atoms with Crippen LogP contribution in [-0.2, 0) is 18.4 Å². The number of methoxy groups -OCH3 is 1. The maximum atomic E-state index is 5.98. The Morgan fingerprint density at radius 2 is 2.22 bits per heavy atom. The Kier molecular flexibility index (Phi) is 3.53. The number of nitrogens with zero attached hydrogens (tertiary/aromatic N) is 2. The topological polar surface area (TPSA) is 65.1 Å². The molecular formula is C13H18N4O. The molecule has 0 saturated heterocycles. The second-order valence-electron chi connectivity index (χ2n) is 4.23. The molecule has 0 unspecified atom stereocenters. The smallest absolute Gasteiger partial charge is 0.152 e. The molecule has 5 heteroatoms. The third-order valence-electron chi connectivity index (χ3n) is 2.77. The first kappa shape index (κ1) is 12.4. The normalized spacial score (nSPS) is 10.6. The minimum absolute atomic E-state index is 0.593. The summed E-state index contributed by atoms with van der Waals surface area (Å²) in [6.45, 7) is 2.48. The van der Waals surface area contributed by atoms with Crippen molar-refractivity contribution in [3.8, 4) is 0 Å². The molecule has 0 amide bonds. The Hall–Kier alpha value is -2.01. The van der Waals surface area contributed by atoms with Crippen LogP contribution in [0.1, 0.15) is 11.3 Å². The molecule has 0 spiro atoms.